The van der Waals surface area contributed by atoms with Gasteiger partial charge in [-0.05, 0) is 24.6 Å². The maximum Gasteiger partial charge on any atom is 0.0364 e. The molecule has 7 heteroatoms. The molecule has 0 aliphatic carbocycles. The van der Waals surface area contributed by atoms with Crippen LogP contribution in [0.3, 0.4) is 0 Å². The highest BCUT2D eigenvalue weighted by atomic mass is 32.3. The molecule has 0 radical (unpaired) electrons. The first-order valence-corrected chi connectivity index (χ1v) is 4.82. The molecule has 0 saturated carbocycles. The summed E-state index contributed by atoms with van der Waals surface area (Å²) in [6.07, 6.45) is 0. The molecule has 0 amide bonds. The Kier molecular flexibility index (Phi) is 4.35. The zero-order valence-electron chi connectivity index (χ0n) is 7.43. The van der Waals surface area contributed by atoms with Crippen LogP contribution in [0.2, 0.25) is 0 Å². The van der Waals surface area contributed by atoms with Gasteiger partial charge >= 0.3 is 0 Å². The number of benzene rings is 1. The summed E-state index contributed by atoms with van der Waals surface area (Å²) in [6.45, 7) is 1.95. The lowest BCUT2D eigenvalue weighted by Crippen LogP contribution is -1.91. The summed E-state index contributed by atoms with van der Waals surface area (Å²) in [7, 11) is -5.17. The molecular weight excluding hydrogens is 208 g/mol. The summed E-state index contributed by atoms with van der Waals surface area (Å²) in [6, 6.07) is 5.51. The lowest BCUT2D eigenvalue weighted by Gasteiger charge is -2.06. The summed E-state index contributed by atoms with van der Waals surface area (Å²) in [4.78, 5) is 0. The minimum absolute atomic E-state index is 0.720. The maximum absolute atomic E-state index is 8.52. The molecule has 0 bridgehead atoms. The largest absolute Gasteiger partial charge is 0.759 e. The van der Waals surface area contributed by atoms with Crippen molar-refractivity contribution in [3.8, 4) is 0 Å². The molecule has 1 rings (SSSR count). The van der Waals surface area contributed by atoms with Crippen LogP contribution in [0.5, 0.6) is 0 Å². The molecule has 0 aliphatic heterocycles. The van der Waals surface area contributed by atoms with Crippen LogP contribution in [-0.2, 0) is 10.4 Å². The zero-order valence-corrected chi connectivity index (χ0v) is 8.24. The van der Waals surface area contributed by atoms with Gasteiger partial charge in [-0.25, -0.2) is 0 Å². The Morgan fingerprint density at radius 2 is 1.64 bits per heavy atom. The van der Waals surface area contributed by atoms with Crippen LogP contribution >= 0.6 is 0 Å². The zero-order chi connectivity index (χ0) is 11.4. The van der Waals surface area contributed by atoms with Crippen LogP contribution in [-0.4, -0.2) is 17.5 Å². The van der Waals surface area contributed by atoms with E-state index in [9.17, 15) is 0 Å². The molecule has 4 N–H and O–H groups in total. The minimum atomic E-state index is -5.17. The van der Waals surface area contributed by atoms with Crippen molar-refractivity contribution in [3.05, 3.63) is 23.8 Å². The van der Waals surface area contributed by atoms with Crippen LogP contribution in [0.15, 0.2) is 18.2 Å². The fraction of sp³-hybridized carbons (Fsp3) is 0.143. The van der Waals surface area contributed by atoms with Crippen LogP contribution in [0.1, 0.15) is 5.56 Å². The average Bonchev–Trinajstić information content (AvgIpc) is 1.94. The van der Waals surface area contributed by atoms with E-state index in [0.717, 1.165) is 16.9 Å². The third-order valence-corrected chi connectivity index (χ3v) is 1.30. The smallest absolute Gasteiger partial charge is 0.0364 e. The second-order valence-electron chi connectivity index (χ2n) is 2.52. The molecule has 1 aromatic rings. The van der Waals surface area contributed by atoms with E-state index >= 15 is 0 Å². The molecule has 0 fully saturated rings. The number of hydrogen-bond acceptors (Lipinski definition) is 6. The first kappa shape index (κ1) is 12.7. The lowest BCUT2D eigenvalue weighted by molar-refractivity contribution is 0.352. The molecule has 1 aromatic carbocycles. The highest BCUT2D eigenvalue weighted by Crippen LogP contribution is 2.13. The fourth-order valence-electron chi connectivity index (χ4n) is 0.659. The fourth-order valence-corrected chi connectivity index (χ4v) is 0.659. The van der Waals surface area contributed by atoms with E-state index in [4.69, 9.17) is 29.0 Å². The number of rotatable bonds is 0. The second kappa shape index (κ2) is 4.80. The number of hydrogen-bond donors (Lipinski definition) is 2. The van der Waals surface area contributed by atoms with Crippen molar-refractivity contribution >= 4 is 21.8 Å². The molecule has 0 saturated heterocycles. The molecule has 14 heavy (non-hydrogen) atoms. The van der Waals surface area contributed by atoms with Gasteiger partial charge in [0.15, 0.2) is 0 Å². The van der Waals surface area contributed by atoms with Gasteiger partial charge in [0.2, 0.25) is 0 Å². The monoisotopic (exact) mass is 218 g/mol. The molecule has 6 nitrogen and oxygen atoms in total. The van der Waals surface area contributed by atoms with E-state index in [1.807, 2.05) is 19.1 Å². The van der Waals surface area contributed by atoms with E-state index in [2.05, 4.69) is 0 Å². The van der Waals surface area contributed by atoms with Gasteiger partial charge in [-0.15, -0.1) is 0 Å². The van der Waals surface area contributed by atoms with Gasteiger partial charge in [-0.2, -0.15) is 0 Å². The predicted molar refractivity (Wildman–Crippen MR) is 50.5 cm³/mol. The molecule has 0 heterocycles. The van der Waals surface area contributed by atoms with Gasteiger partial charge in [0.05, 0.1) is 0 Å². The summed E-state index contributed by atoms with van der Waals surface area (Å²) < 4.78 is 34.1. The van der Waals surface area contributed by atoms with Crippen molar-refractivity contribution in [1.29, 1.82) is 0 Å². The van der Waals surface area contributed by atoms with Crippen LogP contribution in [0.4, 0.5) is 11.4 Å². The topological polar surface area (TPSA) is 132 Å². The molecule has 0 aromatic heterocycles. The standard InChI is InChI=1S/C7H10N2.H2O4S/c1-5-2-3-6(8)4-7(5)9;1-5(2,3)4/h2-4H,8-9H2,1H3;(H2,1,2,3,4)/p-2. The van der Waals surface area contributed by atoms with Gasteiger partial charge in [-0.1, -0.05) is 6.07 Å². The average molecular weight is 218 g/mol. The Bertz CT molecular complexity index is 394. The lowest BCUT2D eigenvalue weighted by atomic mass is 10.2. The first-order chi connectivity index (χ1) is 6.20. The van der Waals surface area contributed by atoms with Crippen LogP contribution in [0, 0.1) is 6.92 Å². The van der Waals surface area contributed by atoms with Crippen molar-refractivity contribution < 1.29 is 17.5 Å². The van der Waals surface area contributed by atoms with E-state index in [1.54, 1.807) is 6.07 Å². The van der Waals surface area contributed by atoms with Crippen molar-refractivity contribution in [2.24, 2.45) is 0 Å². The third-order valence-electron chi connectivity index (χ3n) is 1.30. The SMILES string of the molecule is Cc1ccc(N)cc1N.O=S(=O)([O-])[O-]. The Hall–Kier alpha value is -1.31. The highest BCUT2D eigenvalue weighted by Gasteiger charge is 1.90. The van der Waals surface area contributed by atoms with E-state index < -0.39 is 10.4 Å². The summed E-state index contributed by atoms with van der Waals surface area (Å²) in [5.41, 5.74) is 13.5. The Labute approximate surface area is 82.1 Å². The molecule has 0 spiro atoms. The van der Waals surface area contributed by atoms with Crippen molar-refractivity contribution in [2.75, 3.05) is 11.5 Å². The predicted octanol–water partition coefficient (Wildman–Crippen LogP) is -0.179. The second-order valence-corrected chi connectivity index (χ2v) is 3.34. The van der Waals surface area contributed by atoms with Gasteiger partial charge in [0.25, 0.3) is 0 Å². The van der Waals surface area contributed by atoms with Gasteiger partial charge in [0.1, 0.15) is 0 Å². The molecule has 80 valence electrons. The normalized spacial score (nSPS) is 10.2. The van der Waals surface area contributed by atoms with Crippen molar-refractivity contribution in [3.63, 3.8) is 0 Å². The summed E-state index contributed by atoms with van der Waals surface area (Å²) >= 11 is 0. The van der Waals surface area contributed by atoms with Crippen LogP contribution < -0.4 is 11.5 Å². The summed E-state index contributed by atoms with van der Waals surface area (Å²) in [5, 5.41) is 0. The quantitative estimate of drug-likeness (QED) is 0.352. The van der Waals surface area contributed by atoms with E-state index in [0.29, 0.717) is 0 Å². The first-order valence-electron chi connectivity index (χ1n) is 3.48. The highest BCUT2D eigenvalue weighted by molar-refractivity contribution is 7.79. The van der Waals surface area contributed by atoms with E-state index in [-0.39, 0.29) is 0 Å². The Morgan fingerprint density at radius 3 is 1.93 bits per heavy atom. The van der Waals surface area contributed by atoms with Gasteiger partial charge < -0.3 is 20.6 Å². The minimum Gasteiger partial charge on any atom is -0.759 e. The molecular formula is C7H10N2O4S-2. The van der Waals surface area contributed by atoms with Gasteiger partial charge in [0, 0.05) is 21.8 Å². The van der Waals surface area contributed by atoms with Gasteiger partial charge in [-0.3, -0.25) is 8.42 Å². The number of nitrogen functional groups attached to an aromatic ring is 2. The summed E-state index contributed by atoms with van der Waals surface area (Å²) in [5.74, 6) is 0. The van der Waals surface area contributed by atoms with Crippen LogP contribution in [0.25, 0.3) is 0 Å². The number of anilines is 2. The molecule has 0 atom stereocenters. The Balaban J connectivity index is 0.000000292. The number of nitrogens with two attached hydrogens (primary N) is 2. The molecule has 0 aliphatic rings. The Morgan fingerprint density at radius 1 is 1.21 bits per heavy atom. The maximum atomic E-state index is 8.52. The van der Waals surface area contributed by atoms with Crippen molar-refractivity contribution in [2.45, 2.75) is 6.92 Å². The third kappa shape index (κ3) is 7.35. The van der Waals surface area contributed by atoms with E-state index in [1.165, 1.54) is 0 Å². The molecule has 0 unspecified atom stereocenters. The van der Waals surface area contributed by atoms with Crippen molar-refractivity contribution in [1.82, 2.24) is 0 Å². The number of aryl methyl sites for hydroxylation is 1.